The smallest absolute Gasteiger partial charge is 0.342 e. The number of ether oxygens (including phenoxy) is 1. The number of benzene rings is 2. The van der Waals surface area contributed by atoms with Crippen LogP contribution in [0.3, 0.4) is 0 Å². The Labute approximate surface area is 217 Å². The van der Waals surface area contributed by atoms with Crippen molar-refractivity contribution < 1.29 is 32.8 Å². The minimum atomic E-state index is -3.84. The molecule has 0 aliphatic heterocycles. The molecule has 0 bridgehead atoms. The molecule has 0 unspecified atom stereocenters. The van der Waals surface area contributed by atoms with Gasteiger partial charge in [0.2, 0.25) is 0 Å². The summed E-state index contributed by atoms with van der Waals surface area (Å²) in [6.07, 6.45) is 0. The van der Waals surface area contributed by atoms with E-state index in [1.54, 1.807) is 22.9 Å². The summed E-state index contributed by atoms with van der Waals surface area (Å²) in [5.74, 6) is -2.25. The molecule has 1 amide bonds. The lowest BCUT2D eigenvalue weighted by Gasteiger charge is -2.09. The molecule has 2 aromatic heterocycles. The SMILES string of the molecule is O=C(COC(=O)c1ccc(NS(=O)(=O)c2cccs2)cc1O)Nc1nc(-c2cccc([N+](=O)[O-])c2)cs1. The van der Waals surface area contributed by atoms with Crippen LogP contribution in [0.1, 0.15) is 10.4 Å². The zero-order chi connectivity index (χ0) is 26.6. The first-order valence-electron chi connectivity index (χ1n) is 10.2. The molecule has 0 saturated carbocycles. The van der Waals surface area contributed by atoms with Crippen LogP contribution in [-0.4, -0.2) is 41.9 Å². The minimum absolute atomic E-state index is 0.0310. The number of carbonyl (C=O) groups is 2. The van der Waals surface area contributed by atoms with Crippen molar-refractivity contribution in [2.45, 2.75) is 4.21 Å². The Morgan fingerprint density at radius 1 is 1.11 bits per heavy atom. The number of esters is 1. The molecule has 4 aromatic rings. The van der Waals surface area contributed by atoms with Gasteiger partial charge in [-0.25, -0.2) is 18.2 Å². The summed E-state index contributed by atoms with van der Waals surface area (Å²) in [6, 6.07) is 12.3. The van der Waals surface area contributed by atoms with Crippen molar-refractivity contribution in [2.24, 2.45) is 0 Å². The monoisotopic (exact) mass is 560 g/mol. The fourth-order valence-electron chi connectivity index (χ4n) is 3.00. The number of hydrogen-bond acceptors (Lipinski definition) is 11. The van der Waals surface area contributed by atoms with Gasteiger partial charge in [-0.1, -0.05) is 18.2 Å². The highest BCUT2D eigenvalue weighted by Crippen LogP contribution is 2.28. The van der Waals surface area contributed by atoms with Crippen LogP contribution in [0, 0.1) is 10.1 Å². The Morgan fingerprint density at radius 2 is 1.92 bits per heavy atom. The number of carbonyl (C=O) groups excluding carboxylic acids is 2. The molecule has 0 spiro atoms. The second-order valence-electron chi connectivity index (χ2n) is 7.24. The van der Waals surface area contributed by atoms with Gasteiger partial charge in [-0.15, -0.1) is 22.7 Å². The summed E-state index contributed by atoms with van der Waals surface area (Å²) < 4.78 is 31.9. The van der Waals surface area contributed by atoms with Gasteiger partial charge < -0.3 is 9.84 Å². The Morgan fingerprint density at radius 3 is 2.62 bits per heavy atom. The third kappa shape index (κ3) is 6.27. The van der Waals surface area contributed by atoms with Crippen molar-refractivity contribution >= 4 is 61.1 Å². The maximum Gasteiger partial charge on any atom is 0.342 e. The standard InChI is InChI=1S/C22H16N4O8S3/c27-18-10-14(25-37(32,33)20-5-2-8-35-20)6-7-16(18)21(29)34-11-19(28)24-22-23-17(12-36-22)13-3-1-4-15(9-13)26(30)31/h1-10,12,25,27H,11H2,(H,23,24,28). The van der Waals surface area contributed by atoms with E-state index >= 15 is 0 Å². The van der Waals surface area contributed by atoms with E-state index in [-0.39, 0.29) is 26.3 Å². The van der Waals surface area contributed by atoms with E-state index in [4.69, 9.17) is 4.74 Å². The number of anilines is 2. The van der Waals surface area contributed by atoms with Crippen LogP contribution in [0.2, 0.25) is 0 Å². The number of hydrogen-bond donors (Lipinski definition) is 3. The van der Waals surface area contributed by atoms with Crippen LogP contribution in [0.15, 0.2) is 69.6 Å². The lowest BCUT2D eigenvalue weighted by Crippen LogP contribution is -2.21. The number of phenols is 1. The molecule has 0 radical (unpaired) electrons. The van der Waals surface area contributed by atoms with Crippen LogP contribution in [-0.2, 0) is 19.6 Å². The van der Waals surface area contributed by atoms with Crippen LogP contribution in [0.4, 0.5) is 16.5 Å². The van der Waals surface area contributed by atoms with E-state index in [9.17, 15) is 33.2 Å². The van der Waals surface area contributed by atoms with E-state index in [0.717, 1.165) is 34.8 Å². The highest BCUT2D eigenvalue weighted by atomic mass is 32.2. The van der Waals surface area contributed by atoms with Gasteiger partial charge in [0.1, 0.15) is 15.5 Å². The molecular formula is C22H16N4O8S3. The van der Waals surface area contributed by atoms with Crippen molar-refractivity contribution in [3.05, 3.63) is 81.0 Å². The first kappa shape index (κ1) is 25.7. The molecule has 15 heteroatoms. The second kappa shape index (κ2) is 10.7. The van der Waals surface area contributed by atoms with E-state index in [2.05, 4.69) is 15.0 Å². The van der Waals surface area contributed by atoms with Crippen LogP contribution < -0.4 is 10.0 Å². The number of rotatable bonds is 9. The minimum Gasteiger partial charge on any atom is -0.507 e. The quantitative estimate of drug-likeness (QED) is 0.154. The number of nitro groups is 1. The second-order valence-corrected chi connectivity index (χ2v) is 11.0. The summed E-state index contributed by atoms with van der Waals surface area (Å²) in [6.45, 7) is -0.684. The van der Waals surface area contributed by atoms with Crippen molar-refractivity contribution in [3.63, 3.8) is 0 Å². The van der Waals surface area contributed by atoms with E-state index in [1.807, 2.05) is 0 Å². The maximum absolute atomic E-state index is 12.3. The number of aromatic nitrogens is 1. The van der Waals surface area contributed by atoms with Crippen LogP contribution >= 0.6 is 22.7 Å². The molecular weight excluding hydrogens is 544 g/mol. The molecule has 4 rings (SSSR count). The molecule has 2 aromatic carbocycles. The number of thiazole rings is 1. The molecule has 0 aliphatic rings. The van der Waals surface area contributed by atoms with E-state index in [0.29, 0.717) is 11.3 Å². The highest BCUT2D eigenvalue weighted by molar-refractivity contribution is 7.94. The average molecular weight is 561 g/mol. The number of phenolic OH excluding ortho intramolecular Hbond substituents is 1. The zero-order valence-corrected chi connectivity index (χ0v) is 20.9. The van der Waals surface area contributed by atoms with Crippen molar-refractivity contribution in [1.29, 1.82) is 0 Å². The Balaban J connectivity index is 1.33. The van der Waals surface area contributed by atoms with E-state index in [1.165, 1.54) is 30.3 Å². The Bertz CT molecular complexity index is 1580. The Kier molecular flexibility index (Phi) is 7.47. The number of aromatic hydroxyl groups is 1. The topological polar surface area (TPSA) is 178 Å². The Hall–Kier alpha value is -4.34. The van der Waals surface area contributed by atoms with Gasteiger partial charge in [0, 0.05) is 29.1 Å². The fraction of sp³-hybridized carbons (Fsp3) is 0.0455. The summed E-state index contributed by atoms with van der Waals surface area (Å²) in [5, 5.41) is 27.0. The molecule has 0 fully saturated rings. The molecule has 0 saturated heterocycles. The maximum atomic E-state index is 12.3. The van der Waals surface area contributed by atoms with Gasteiger partial charge >= 0.3 is 5.97 Å². The van der Waals surface area contributed by atoms with Crippen LogP contribution in [0.25, 0.3) is 11.3 Å². The number of thiophene rings is 1. The first-order chi connectivity index (χ1) is 17.6. The fourth-order valence-corrected chi connectivity index (χ4v) is 5.77. The summed E-state index contributed by atoms with van der Waals surface area (Å²) in [7, 11) is -3.84. The van der Waals surface area contributed by atoms with Gasteiger partial charge in [0.05, 0.1) is 16.3 Å². The molecule has 37 heavy (non-hydrogen) atoms. The normalized spacial score (nSPS) is 11.0. The number of amides is 1. The highest BCUT2D eigenvalue weighted by Gasteiger charge is 2.19. The number of sulfonamides is 1. The largest absolute Gasteiger partial charge is 0.507 e. The summed E-state index contributed by atoms with van der Waals surface area (Å²) >= 11 is 2.10. The average Bonchev–Trinajstić information content (AvgIpc) is 3.56. The van der Waals surface area contributed by atoms with Gasteiger partial charge in [-0.3, -0.25) is 24.9 Å². The zero-order valence-electron chi connectivity index (χ0n) is 18.5. The lowest BCUT2D eigenvalue weighted by molar-refractivity contribution is -0.384. The molecule has 3 N–H and O–H groups in total. The number of non-ortho nitro benzene ring substituents is 1. The first-order valence-corrected chi connectivity index (χ1v) is 13.4. The predicted molar refractivity (Wildman–Crippen MR) is 136 cm³/mol. The number of nitrogens with one attached hydrogen (secondary N) is 2. The van der Waals surface area contributed by atoms with Gasteiger partial charge in [-0.05, 0) is 23.6 Å². The van der Waals surface area contributed by atoms with Gasteiger partial charge in [-0.2, -0.15) is 0 Å². The number of nitro benzene ring substituents is 1. The summed E-state index contributed by atoms with van der Waals surface area (Å²) in [5.41, 5.74) is 0.575. The molecule has 12 nitrogen and oxygen atoms in total. The van der Waals surface area contributed by atoms with Gasteiger partial charge in [0.15, 0.2) is 11.7 Å². The third-order valence-electron chi connectivity index (χ3n) is 4.67. The molecule has 2 heterocycles. The van der Waals surface area contributed by atoms with Crippen molar-refractivity contribution in [3.8, 4) is 17.0 Å². The predicted octanol–water partition coefficient (Wildman–Crippen LogP) is 4.08. The molecule has 190 valence electrons. The summed E-state index contributed by atoms with van der Waals surface area (Å²) in [4.78, 5) is 39.1. The molecule has 0 aliphatic carbocycles. The van der Waals surface area contributed by atoms with Crippen molar-refractivity contribution in [2.75, 3.05) is 16.6 Å². The van der Waals surface area contributed by atoms with Gasteiger partial charge in [0.25, 0.3) is 21.6 Å². The van der Waals surface area contributed by atoms with Crippen LogP contribution in [0.5, 0.6) is 5.75 Å². The third-order valence-corrected chi connectivity index (χ3v) is 8.20. The van der Waals surface area contributed by atoms with Crippen molar-refractivity contribution in [1.82, 2.24) is 4.98 Å². The molecule has 0 atom stereocenters. The number of nitrogens with zero attached hydrogens (tertiary/aromatic N) is 2. The lowest BCUT2D eigenvalue weighted by atomic mass is 10.1. The van der Waals surface area contributed by atoms with E-state index < -0.39 is 39.2 Å².